The van der Waals surface area contributed by atoms with E-state index in [1.54, 1.807) is 29.9 Å². The second-order valence-corrected chi connectivity index (χ2v) is 5.79. The van der Waals surface area contributed by atoms with Crippen molar-refractivity contribution in [1.29, 1.82) is 0 Å². The summed E-state index contributed by atoms with van der Waals surface area (Å²) in [4.78, 5) is 36.1. The lowest BCUT2D eigenvalue weighted by molar-refractivity contribution is -0.130. The van der Waals surface area contributed by atoms with E-state index in [0.717, 1.165) is 12.1 Å². The van der Waals surface area contributed by atoms with E-state index in [1.807, 2.05) is 6.92 Å². The van der Waals surface area contributed by atoms with Crippen LogP contribution in [0.3, 0.4) is 0 Å². The highest BCUT2D eigenvalue weighted by Gasteiger charge is 2.24. The SMILES string of the molecule is COCCCNc1nc(C)cc(C(=O)N2CCN(C(C)=O)CC2)n1. The van der Waals surface area contributed by atoms with Gasteiger partial charge in [0.15, 0.2) is 0 Å². The van der Waals surface area contributed by atoms with Crippen LogP contribution in [0.5, 0.6) is 0 Å². The van der Waals surface area contributed by atoms with Crippen molar-refractivity contribution in [3.63, 3.8) is 0 Å². The molecule has 1 aliphatic rings. The summed E-state index contributed by atoms with van der Waals surface area (Å²) in [6.07, 6.45) is 0.837. The van der Waals surface area contributed by atoms with E-state index in [9.17, 15) is 9.59 Å². The standard InChI is InChI=1S/C16H25N5O3/c1-12-11-14(19-16(18-12)17-5-4-10-24-3)15(23)21-8-6-20(7-9-21)13(2)22/h11H,4-10H2,1-3H3,(H,17,18,19). The summed E-state index contributed by atoms with van der Waals surface area (Å²) in [6, 6.07) is 1.69. The molecule has 1 N–H and O–H groups in total. The molecule has 2 heterocycles. The lowest BCUT2D eigenvalue weighted by Gasteiger charge is -2.34. The Bertz CT molecular complexity index is 585. The van der Waals surface area contributed by atoms with Gasteiger partial charge in [-0.25, -0.2) is 9.97 Å². The predicted molar refractivity (Wildman–Crippen MR) is 89.9 cm³/mol. The molecule has 8 nitrogen and oxygen atoms in total. The van der Waals surface area contributed by atoms with Gasteiger partial charge in [-0.1, -0.05) is 0 Å². The molecule has 132 valence electrons. The van der Waals surface area contributed by atoms with Crippen LogP contribution in [0.4, 0.5) is 5.95 Å². The minimum atomic E-state index is -0.122. The predicted octanol–water partition coefficient (Wildman–Crippen LogP) is 0.538. The Kier molecular flexibility index (Phi) is 6.48. The molecule has 2 rings (SSSR count). The maximum Gasteiger partial charge on any atom is 0.272 e. The van der Waals surface area contributed by atoms with E-state index in [4.69, 9.17) is 4.74 Å². The average molecular weight is 335 g/mol. The summed E-state index contributed by atoms with van der Waals surface area (Å²) >= 11 is 0. The molecule has 0 aromatic carbocycles. The Morgan fingerprint density at radius 3 is 2.50 bits per heavy atom. The fourth-order valence-corrected chi connectivity index (χ4v) is 2.56. The smallest absolute Gasteiger partial charge is 0.272 e. The first kappa shape index (κ1) is 18.1. The van der Waals surface area contributed by atoms with Crippen LogP contribution in [0.25, 0.3) is 0 Å². The fourth-order valence-electron chi connectivity index (χ4n) is 2.56. The Hall–Kier alpha value is -2.22. The van der Waals surface area contributed by atoms with Crippen LogP contribution in [0, 0.1) is 6.92 Å². The van der Waals surface area contributed by atoms with Gasteiger partial charge in [0.2, 0.25) is 11.9 Å². The molecule has 24 heavy (non-hydrogen) atoms. The molecule has 8 heteroatoms. The van der Waals surface area contributed by atoms with Gasteiger partial charge in [-0.05, 0) is 19.4 Å². The normalized spacial score (nSPS) is 14.6. The van der Waals surface area contributed by atoms with Gasteiger partial charge in [0.1, 0.15) is 5.69 Å². The minimum absolute atomic E-state index is 0.0440. The number of nitrogens with one attached hydrogen (secondary N) is 1. The van der Waals surface area contributed by atoms with Gasteiger partial charge < -0.3 is 19.9 Å². The Balaban J connectivity index is 1.99. The van der Waals surface area contributed by atoms with E-state index in [1.165, 1.54) is 0 Å². The molecule has 0 atom stereocenters. The van der Waals surface area contributed by atoms with Crippen molar-refractivity contribution in [2.75, 3.05) is 51.8 Å². The third kappa shape index (κ3) is 4.89. The maximum absolute atomic E-state index is 12.6. The number of amides is 2. The summed E-state index contributed by atoms with van der Waals surface area (Å²) in [6.45, 7) is 6.91. The van der Waals surface area contributed by atoms with E-state index >= 15 is 0 Å². The first-order chi connectivity index (χ1) is 11.5. The van der Waals surface area contributed by atoms with Crippen molar-refractivity contribution in [2.45, 2.75) is 20.3 Å². The lowest BCUT2D eigenvalue weighted by atomic mass is 10.2. The van der Waals surface area contributed by atoms with E-state index < -0.39 is 0 Å². The van der Waals surface area contributed by atoms with Crippen molar-refractivity contribution in [1.82, 2.24) is 19.8 Å². The van der Waals surface area contributed by atoms with Crippen LogP contribution >= 0.6 is 0 Å². The zero-order chi connectivity index (χ0) is 17.5. The zero-order valence-corrected chi connectivity index (χ0v) is 14.5. The van der Waals surface area contributed by atoms with Crippen LogP contribution in [-0.4, -0.2) is 78.0 Å². The number of anilines is 1. The molecule has 0 aliphatic carbocycles. The third-order valence-corrected chi connectivity index (χ3v) is 3.89. The van der Waals surface area contributed by atoms with Crippen molar-refractivity contribution in [2.24, 2.45) is 0 Å². The fraction of sp³-hybridized carbons (Fsp3) is 0.625. The number of aromatic nitrogens is 2. The summed E-state index contributed by atoms with van der Waals surface area (Å²) in [5.74, 6) is 0.378. The topological polar surface area (TPSA) is 87.7 Å². The van der Waals surface area contributed by atoms with E-state index in [2.05, 4.69) is 15.3 Å². The highest BCUT2D eigenvalue weighted by Crippen LogP contribution is 2.11. The first-order valence-corrected chi connectivity index (χ1v) is 8.14. The van der Waals surface area contributed by atoms with Crippen molar-refractivity contribution in [3.8, 4) is 0 Å². The Morgan fingerprint density at radius 2 is 1.88 bits per heavy atom. The van der Waals surface area contributed by atoms with Crippen LogP contribution in [0.1, 0.15) is 29.5 Å². The number of rotatable bonds is 6. The molecule has 0 radical (unpaired) electrons. The van der Waals surface area contributed by atoms with Crippen molar-refractivity contribution < 1.29 is 14.3 Å². The number of aryl methyl sites for hydroxylation is 1. The van der Waals surface area contributed by atoms with Gasteiger partial charge in [-0.3, -0.25) is 9.59 Å². The summed E-state index contributed by atoms with van der Waals surface area (Å²) < 4.78 is 5.00. The Labute approximate surface area is 142 Å². The minimum Gasteiger partial charge on any atom is -0.385 e. The molecular formula is C16H25N5O3. The number of methoxy groups -OCH3 is 1. The second kappa shape index (κ2) is 8.58. The third-order valence-electron chi connectivity index (χ3n) is 3.89. The number of carbonyl (C=O) groups is 2. The molecule has 0 unspecified atom stereocenters. The highest BCUT2D eigenvalue weighted by molar-refractivity contribution is 5.92. The summed E-state index contributed by atoms with van der Waals surface area (Å²) in [5, 5.41) is 3.11. The van der Waals surface area contributed by atoms with Crippen LogP contribution in [0.15, 0.2) is 6.07 Å². The average Bonchev–Trinajstić information content (AvgIpc) is 2.57. The van der Waals surface area contributed by atoms with Crippen LogP contribution < -0.4 is 5.32 Å². The van der Waals surface area contributed by atoms with Gasteiger partial charge in [0.25, 0.3) is 5.91 Å². The zero-order valence-electron chi connectivity index (χ0n) is 14.5. The lowest BCUT2D eigenvalue weighted by Crippen LogP contribution is -2.50. The van der Waals surface area contributed by atoms with Crippen molar-refractivity contribution in [3.05, 3.63) is 17.5 Å². The molecule has 0 saturated carbocycles. The van der Waals surface area contributed by atoms with E-state index in [0.29, 0.717) is 51.0 Å². The molecule has 0 spiro atoms. The number of nitrogens with zero attached hydrogens (tertiary/aromatic N) is 4. The number of carbonyl (C=O) groups excluding carboxylic acids is 2. The van der Waals surface area contributed by atoms with Gasteiger partial charge in [0.05, 0.1) is 0 Å². The second-order valence-electron chi connectivity index (χ2n) is 5.79. The van der Waals surface area contributed by atoms with Gasteiger partial charge >= 0.3 is 0 Å². The maximum atomic E-state index is 12.6. The van der Waals surface area contributed by atoms with Crippen molar-refractivity contribution >= 4 is 17.8 Å². The highest BCUT2D eigenvalue weighted by atomic mass is 16.5. The summed E-state index contributed by atoms with van der Waals surface area (Å²) in [5.41, 5.74) is 1.12. The van der Waals surface area contributed by atoms with Gasteiger partial charge in [-0.2, -0.15) is 0 Å². The molecular weight excluding hydrogens is 310 g/mol. The molecule has 1 fully saturated rings. The molecule has 1 aliphatic heterocycles. The molecule has 2 amide bonds. The molecule has 1 aromatic rings. The summed E-state index contributed by atoms with van der Waals surface area (Å²) in [7, 11) is 1.66. The monoisotopic (exact) mass is 335 g/mol. The molecule has 1 saturated heterocycles. The molecule has 0 bridgehead atoms. The number of ether oxygens (including phenoxy) is 1. The molecule has 1 aromatic heterocycles. The number of hydrogen-bond donors (Lipinski definition) is 1. The van der Waals surface area contributed by atoms with Gasteiger partial charge in [-0.15, -0.1) is 0 Å². The largest absolute Gasteiger partial charge is 0.385 e. The van der Waals surface area contributed by atoms with Gasteiger partial charge in [0, 0.05) is 59.1 Å². The van der Waals surface area contributed by atoms with Crippen LogP contribution in [0.2, 0.25) is 0 Å². The Morgan fingerprint density at radius 1 is 1.21 bits per heavy atom. The number of hydrogen-bond acceptors (Lipinski definition) is 6. The van der Waals surface area contributed by atoms with E-state index in [-0.39, 0.29) is 11.8 Å². The first-order valence-electron chi connectivity index (χ1n) is 8.14. The quantitative estimate of drug-likeness (QED) is 0.764. The van der Waals surface area contributed by atoms with Crippen LogP contribution in [-0.2, 0) is 9.53 Å². The number of piperazine rings is 1.